The molecule has 2 N–H and O–H groups in total. The molecule has 0 spiro atoms. The normalized spacial score (nSPS) is 14.7. The molecule has 1 unspecified atom stereocenters. The van der Waals surface area contributed by atoms with Gasteiger partial charge in [0.05, 0.1) is 11.6 Å². The van der Waals surface area contributed by atoms with Gasteiger partial charge in [0.1, 0.15) is 5.82 Å². The van der Waals surface area contributed by atoms with Gasteiger partial charge >= 0.3 is 0 Å². The Morgan fingerprint density at radius 3 is 2.24 bits per heavy atom. The van der Waals surface area contributed by atoms with E-state index in [1.54, 1.807) is 12.1 Å². The first-order valence-corrected chi connectivity index (χ1v) is 13.0. The number of aryl methyl sites for hydroxylation is 1. The Bertz CT molecular complexity index is 1160. The Hall–Kier alpha value is -3.71. The average molecular weight is 503 g/mol. The van der Waals surface area contributed by atoms with E-state index < -0.39 is 0 Å². The van der Waals surface area contributed by atoms with Crippen LogP contribution in [0.5, 0.6) is 0 Å². The summed E-state index contributed by atoms with van der Waals surface area (Å²) in [4.78, 5) is 29.4. The zero-order valence-corrected chi connectivity index (χ0v) is 21.3. The van der Waals surface area contributed by atoms with E-state index >= 15 is 0 Å². The van der Waals surface area contributed by atoms with Crippen molar-refractivity contribution in [1.82, 2.24) is 10.2 Å². The van der Waals surface area contributed by atoms with Gasteiger partial charge in [-0.15, -0.1) is 0 Å². The number of halogens is 1. The Kier molecular flexibility index (Phi) is 9.27. The van der Waals surface area contributed by atoms with Crippen molar-refractivity contribution in [3.8, 4) is 0 Å². The van der Waals surface area contributed by atoms with Gasteiger partial charge in [0.25, 0.3) is 0 Å². The van der Waals surface area contributed by atoms with Crippen LogP contribution in [0.4, 0.5) is 15.8 Å². The van der Waals surface area contributed by atoms with Crippen molar-refractivity contribution in [1.29, 1.82) is 0 Å². The van der Waals surface area contributed by atoms with Crippen LogP contribution in [0.15, 0.2) is 78.9 Å². The second kappa shape index (κ2) is 13.0. The van der Waals surface area contributed by atoms with Crippen LogP contribution in [0, 0.1) is 5.82 Å². The molecule has 1 heterocycles. The molecule has 1 atom stereocenters. The van der Waals surface area contributed by atoms with Gasteiger partial charge in [-0.05, 0) is 42.7 Å². The van der Waals surface area contributed by atoms with Gasteiger partial charge < -0.3 is 15.5 Å². The van der Waals surface area contributed by atoms with E-state index in [2.05, 4.69) is 15.5 Å². The third-order valence-corrected chi connectivity index (χ3v) is 6.74. The maximum atomic E-state index is 15.0. The van der Waals surface area contributed by atoms with Crippen LogP contribution >= 0.6 is 0 Å². The molecule has 0 aromatic heterocycles. The number of amides is 2. The van der Waals surface area contributed by atoms with Crippen molar-refractivity contribution in [3.05, 3.63) is 95.8 Å². The summed E-state index contributed by atoms with van der Waals surface area (Å²) in [5.74, 6) is -0.693. The zero-order valence-electron chi connectivity index (χ0n) is 21.3. The van der Waals surface area contributed by atoms with Crippen molar-refractivity contribution in [2.45, 2.75) is 25.7 Å². The zero-order chi connectivity index (χ0) is 26.0. The predicted molar refractivity (Wildman–Crippen MR) is 146 cm³/mol. The molecule has 0 saturated carbocycles. The highest BCUT2D eigenvalue weighted by atomic mass is 19.1. The monoisotopic (exact) mass is 502 g/mol. The molecule has 37 heavy (non-hydrogen) atoms. The molecule has 3 aromatic rings. The van der Waals surface area contributed by atoms with Gasteiger partial charge in [0.15, 0.2) is 0 Å². The molecular formula is C30H35FN4O2. The fourth-order valence-electron chi connectivity index (χ4n) is 4.72. The molecule has 7 heteroatoms. The number of likely N-dealkylation sites (N-methyl/N-ethyl adjacent to an activating group) is 1. The smallest absolute Gasteiger partial charge is 0.228 e. The Morgan fingerprint density at radius 2 is 1.59 bits per heavy atom. The summed E-state index contributed by atoms with van der Waals surface area (Å²) in [6, 6.07) is 24.6. The van der Waals surface area contributed by atoms with Crippen LogP contribution in [0.3, 0.4) is 0 Å². The summed E-state index contributed by atoms with van der Waals surface area (Å²) >= 11 is 0. The van der Waals surface area contributed by atoms with E-state index in [-0.39, 0.29) is 23.5 Å². The Morgan fingerprint density at radius 1 is 0.919 bits per heavy atom. The third kappa shape index (κ3) is 7.40. The number of hydrogen-bond donors (Lipinski definition) is 2. The molecule has 2 amide bonds. The number of carbonyl (C=O) groups is 2. The number of rotatable bonds is 10. The number of anilines is 2. The lowest BCUT2D eigenvalue weighted by Crippen LogP contribution is -2.49. The molecule has 0 radical (unpaired) electrons. The van der Waals surface area contributed by atoms with Gasteiger partial charge in [-0.3, -0.25) is 14.5 Å². The SMILES string of the molecule is CCNC(=O)C(CN1CCN(c2ccc(NC(=O)CCc3ccccc3)cc2F)CC1)c1ccccc1. The molecule has 194 valence electrons. The van der Waals surface area contributed by atoms with Crippen molar-refractivity contribution < 1.29 is 14.0 Å². The maximum Gasteiger partial charge on any atom is 0.228 e. The first kappa shape index (κ1) is 26.4. The van der Waals surface area contributed by atoms with E-state index in [1.165, 1.54) is 6.07 Å². The van der Waals surface area contributed by atoms with Crippen molar-refractivity contribution in [3.63, 3.8) is 0 Å². The van der Waals surface area contributed by atoms with Crippen LogP contribution in [0.2, 0.25) is 0 Å². The Labute approximate surface area is 218 Å². The molecule has 3 aromatic carbocycles. The van der Waals surface area contributed by atoms with Gasteiger partial charge in [-0.2, -0.15) is 0 Å². The molecule has 6 nitrogen and oxygen atoms in total. The molecule has 0 bridgehead atoms. The summed E-state index contributed by atoms with van der Waals surface area (Å²) < 4.78 is 15.0. The van der Waals surface area contributed by atoms with Gasteiger partial charge in [-0.1, -0.05) is 60.7 Å². The maximum absolute atomic E-state index is 15.0. The molecule has 1 saturated heterocycles. The fraction of sp³-hybridized carbons (Fsp3) is 0.333. The third-order valence-electron chi connectivity index (χ3n) is 6.74. The number of nitrogens with zero attached hydrogens (tertiary/aromatic N) is 2. The van der Waals surface area contributed by atoms with Crippen LogP contribution in [-0.4, -0.2) is 56.0 Å². The fourth-order valence-corrected chi connectivity index (χ4v) is 4.72. The molecular weight excluding hydrogens is 467 g/mol. The van der Waals surface area contributed by atoms with E-state index in [4.69, 9.17) is 0 Å². The lowest BCUT2D eigenvalue weighted by Gasteiger charge is -2.37. The predicted octanol–water partition coefficient (Wildman–Crippen LogP) is 4.44. The van der Waals surface area contributed by atoms with Gasteiger partial charge in [0, 0.05) is 51.4 Å². The highest BCUT2D eigenvalue weighted by molar-refractivity contribution is 5.91. The summed E-state index contributed by atoms with van der Waals surface area (Å²) in [5, 5.41) is 5.76. The molecule has 1 fully saturated rings. The average Bonchev–Trinajstić information content (AvgIpc) is 2.92. The quantitative estimate of drug-likeness (QED) is 0.430. The second-order valence-corrected chi connectivity index (χ2v) is 9.35. The summed E-state index contributed by atoms with van der Waals surface area (Å²) in [7, 11) is 0. The standard InChI is InChI=1S/C30H35FN4O2/c1-2-32-30(37)26(24-11-7-4-8-12-24)22-34-17-19-35(20-18-34)28-15-14-25(21-27(28)31)33-29(36)16-13-23-9-5-3-6-10-23/h3-12,14-15,21,26H,2,13,16-20,22H2,1H3,(H,32,37)(H,33,36). The highest BCUT2D eigenvalue weighted by Gasteiger charge is 2.26. The summed E-state index contributed by atoms with van der Waals surface area (Å²) in [6.45, 7) is 5.95. The van der Waals surface area contributed by atoms with E-state index in [0.29, 0.717) is 50.4 Å². The minimum atomic E-state index is -0.348. The lowest BCUT2D eigenvalue weighted by atomic mass is 9.97. The molecule has 0 aliphatic carbocycles. The van der Waals surface area contributed by atoms with Crippen LogP contribution in [0.25, 0.3) is 0 Å². The van der Waals surface area contributed by atoms with E-state index in [9.17, 15) is 14.0 Å². The van der Waals surface area contributed by atoms with Crippen LogP contribution < -0.4 is 15.5 Å². The number of nitrogens with one attached hydrogen (secondary N) is 2. The Balaban J connectivity index is 1.30. The van der Waals surface area contributed by atoms with Crippen LogP contribution in [0.1, 0.15) is 30.4 Å². The van der Waals surface area contributed by atoms with Crippen molar-refractivity contribution >= 4 is 23.2 Å². The van der Waals surface area contributed by atoms with Crippen LogP contribution in [-0.2, 0) is 16.0 Å². The second-order valence-electron chi connectivity index (χ2n) is 9.35. The van der Waals surface area contributed by atoms with Crippen molar-refractivity contribution in [2.75, 3.05) is 49.5 Å². The molecule has 4 rings (SSSR count). The summed E-state index contributed by atoms with van der Waals surface area (Å²) in [5.41, 5.74) is 3.10. The van der Waals surface area contributed by atoms with Crippen molar-refractivity contribution in [2.24, 2.45) is 0 Å². The van der Waals surface area contributed by atoms with E-state index in [1.807, 2.05) is 72.5 Å². The first-order valence-electron chi connectivity index (χ1n) is 13.0. The highest BCUT2D eigenvalue weighted by Crippen LogP contribution is 2.25. The molecule has 1 aliphatic rings. The number of carbonyl (C=O) groups excluding carboxylic acids is 2. The number of piperazine rings is 1. The lowest BCUT2D eigenvalue weighted by molar-refractivity contribution is -0.123. The largest absolute Gasteiger partial charge is 0.367 e. The topological polar surface area (TPSA) is 64.7 Å². The van der Waals surface area contributed by atoms with Gasteiger partial charge in [0.2, 0.25) is 11.8 Å². The number of hydrogen-bond acceptors (Lipinski definition) is 4. The molecule has 1 aliphatic heterocycles. The summed E-state index contributed by atoms with van der Waals surface area (Å²) in [6.07, 6.45) is 0.984. The van der Waals surface area contributed by atoms with Gasteiger partial charge in [-0.25, -0.2) is 4.39 Å². The number of benzene rings is 3. The minimum Gasteiger partial charge on any atom is -0.367 e. The first-order chi connectivity index (χ1) is 18.0. The van der Waals surface area contributed by atoms with E-state index in [0.717, 1.165) is 24.2 Å². The minimum absolute atomic E-state index is 0.0311.